The molecule has 0 fully saturated rings. The van der Waals surface area contributed by atoms with Gasteiger partial charge in [0.15, 0.2) is 0 Å². The molecule has 23 heavy (non-hydrogen) atoms. The molecule has 0 radical (unpaired) electrons. The molecule has 3 aromatic rings. The summed E-state index contributed by atoms with van der Waals surface area (Å²) in [6, 6.07) is 12.1. The maximum absolute atomic E-state index is 6.02. The first-order valence-corrected chi connectivity index (χ1v) is 7.95. The normalized spacial score (nSPS) is 17.6. The Morgan fingerprint density at radius 1 is 1.09 bits per heavy atom. The maximum atomic E-state index is 6.02. The Labute approximate surface area is 135 Å². The molecule has 0 spiro atoms. The average molecular weight is 308 g/mol. The van der Waals surface area contributed by atoms with Crippen molar-refractivity contribution in [2.24, 2.45) is 0 Å². The van der Waals surface area contributed by atoms with Gasteiger partial charge in [-0.15, -0.1) is 0 Å². The lowest BCUT2D eigenvalue weighted by Gasteiger charge is -2.30. The smallest absolute Gasteiger partial charge is 0.143 e. The van der Waals surface area contributed by atoms with Gasteiger partial charge in [-0.25, -0.2) is 0 Å². The third-order valence-corrected chi connectivity index (χ3v) is 4.62. The van der Waals surface area contributed by atoms with Crippen LogP contribution in [0.5, 0.6) is 5.75 Å². The molecule has 1 aliphatic heterocycles. The first-order chi connectivity index (χ1) is 11.2. The molecule has 1 aromatic heterocycles. The Bertz CT molecular complexity index is 897. The number of hydrogen-bond donors (Lipinski definition) is 0. The van der Waals surface area contributed by atoms with Crippen LogP contribution in [0.3, 0.4) is 0 Å². The Balaban J connectivity index is 2.02. The Morgan fingerprint density at radius 2 is 1.91 bits per heavy atom. The lowest BCUT2D eigenvalue weighted by atomic mass is 10.1. The summed E-state index contributed by atoms with van der Waals surface area (Å²) in [6.07, 6.45) is 4.49. The van der Waals surface area contributed by atoms with E-state index in [1.807, 2.05) is 30.3 Å². The highest BCUT2D eigenvalue weighted by Crippen LogP contribution is 2.43. The molecule has 0 unspecified atom stereocenters. The van der Waals surface area contributed by atoms with Gasteiger partial charge in [0, 0.05) is 24.3 Å². The molecule has 4 nitrogen and oxygen atoms in total. The summed E-state index contributed by atoms with van der Waals surface area (Å²) in [7, 11) is 1.72. The zero-order valence-electron chi connectivity index (χ0n) is 13.6. The van der Waals surface area contributed by atoms with Crippen molar-refractivity contribution in [3.05, 3.63) is 48.8 Å². The monoisotopic (exact) mass is 308 g/mol. The van der Waals surface area contributed by atoms with Gasteiger partial charge in [0.1, 0.15) is 23.1 Å². The van der Waals surface area contributed by atoms with E-state index in [1.54, 1.807) is 7.11 Å². The first-order valence-electron chi connectivity index (χ1n) is 7.95. The Hall–Kier alpha value is -2.62. The highest BCUT2D eigenvalue weighted by Gasteiger charge is 2.27. The number of hydrogen-bond acceptors (Lipinski definition) is 4. The highest BCUT2D eigenvalue weighted by molar-refractivity contribution is 6.13. The van der Waals surface area contributed by atoms with Crippen LogP contribution in [0.4, 0.5) is 5.69 Å². The summed E-state index contributed by atoms with van der Waals surface area (Å²) in [4.78, 5) is 4.55. The number of nitrogens with zero attached hydrogens (tertiary/aromatic N) is 2. The average Bonchev–Trinajstić information content (AvgIpc) is 3.14. The second-order valence-corrected chi connectivity index (χ2v) is 5.76. The minimum Gasteiger partial charge on any atom is -0.495 e. The molecule has 0 bridgehead atoms. The molecular formula is C19H20N2O2. The van der Waals surface area contributed by atoms with E-state index in [-0.39, 0.29) is 6.17 Å². The minimum absolute atomic E-state index is 0.244. The quantitative estimate of drug-likeness (QED) is 0.709. The van der Waals surface area contributed by atoms with Crippen molar-refractivity contribution in [3.8, 4) is 5.75 Å². The Kier molecular flexibility index (Phi) is 3.18. The predicted octanol–water partition coefficient (Wildman–Crippen LogP) is 4.55. The van der Waals surface area contributed by atoms with Gasteiger partial charge in [-0.05, 0) is 32.0 Å². The molecule has 0 saturated heterocycles. The van der Waals surface area contributed by atoms with Crippen LogP contribution < -0.4 is 9.64 Å². The van der Waals surface area contributed by atoms with E-state index in [9.17, 15) is 0 Å². The number of ether oxygens (including phenoxy) is 1. The molecule has 0 N–H and O–H groups in total. The number of anilines is 1. The van der Waals surface area contributed by atoms with Crippen molar-refractivity contribution in [1.82, 2.24) is 4.90 Å². The number of benzene rings is 2. The van der Waals surface area contributed by atoms with Crippen molar-refractivity contribution < 1.29 is 9.15 Å². The number of furan rings is 1. The molecule has 4 heteroatoms. The number of rotatable bonds is 3. The summed E-state index contributed by atoms with van der Waals surface area (Å²) >= 11 is 0. The standard InChI is InChI=1S/C19H20N2O2/c1-4-20-11-12-21(13(20)2)19-17(22-3)10-9-16-18(19)14-7-5-6-8-15(14)23-16/h5-13H,4H2,1-3H3/t13-/m0/s1. The molecule has 0 aliphatic carbocycles. The molecule has 0 amide bonds. The molecule has 2 heterocycles. The zero-order chi connectivity index (χ0) is 16.0. The van der Waals surface area contributed by atoms with Crippen LogP contribution in [0.25, 0.3) is 21.9 Å². The van der Waals surface area contributed by atoms with Gasteiger partial charge in [-0.3, -0.25) is 0 Å². The topological polar surface area (TPSA) is 28.9 Å². The van der Waals surface area contributed by atoms with Gasteiger partial charge in [-0.1, -0.05) is 18.2 Å². The Morgan fingerprint density at radius 3 is 2.65 bits per heavy atom. The molecule has 1 aliphatic rings. The second-order valence-electron chi connectivity index (χ2n) is 5.76. The second kappa shape index (κ2) is 5.23. The van der Waals surface area contributed by atoms with Crippen LogP contribution in [0.15, 0.2) is 53.2 Å². The van der Waals surface area contributed by atoms with Crippen LogP contribution in [0, 0.1) is 0 Å². The zero-order valence-corrected chi connectivity index (χ0v) is 13.6. The van der Waals surface area contributed by atoms with Crippen molar-refractivity contribution in [1.29, 1.82) is 0 Å². The fourth-order valence-corrected chi connectivity index (χ4v) is 3.40. The van der Waals surface area contributed by atoms with Gasteiger partial charge in [-0.2, -0.15) is 0 Å². The van der Waals surface area contributed by atoms with Crippen LogP contribution in [0.1, 0.15) is 13.8 Å². The summed E-state index contributed by atoms with van der Waals surface area (Å²) in [5.41, 5.74) is 2.85. The molecule has 4 rings (SSSR count). The van der Waals surface area contributed by atoms with E-state index in [0.717, 1.165) is 39.9 Å². The molecule has 0 saturated carbocycles. The van der Waals surface area contributed by atoms with Crippen molar-refractivity contribution in [3.63, 3.8) is 0 Å². The molecule has 1 atom stereocenters. The third-order valence-electron chi connectivity index (χ3n) is 4.62. The van der Waals surface area contributed by atoms with Crippen LogP contribution in [-0.2, 0) is 0 Å². The molecular weight excluding hydrogens is 288 g/mol. The van der Waals surface area contributed by atoms with E-state index >= 15 is 0 Å². The maximum Gasteiger partial charge on any atom is 0.143 e. The van der Waals surface area contributed by atoms with Crippen molar-refractivity contribution in [2.45, 2.75) is 20.0 Å². The SMILES string of the molecule is CCN1C=CN(c2c(OC)ccc3oc4ccccc4c23)[C@H]1C. The van der Waals surface area contributed by atoms with Crippen LogP contribution in [-0.4, -0.2) is 24.7 Å². The lowest BCUT2D eigenvalue weighted by Crippen LogP contribution is -2.35. The van der Waals surface area contributed by atoms with Gasteiger partial charge >= 0.3 is 0 Å². The van der Waals surface area contributed by atoms with E-state index < -0.39 is 0 Å². The lowest BCUT2D eigenvalue weighted by molar-refractivity contribution is 0.332. The summed E-state index contributed by atoms with van der Waals surface area (Å²) < 4.78 is 11.7. The van der Waals surface area contributed by atoms with Gasteiger partial charge < -0.3 is 19.0 Å². The van der Waals surface area contributed by atoms with Crippen molar-refractivity contribution in [2.75, 3.05) is 18.6 Å². The van der Waals surface area contributed by atoms with E-state index in [1.165, 1.54) is 0 Å². The van der Waals surface area contributed by atoms with E-state index in [0.29, 0.717) is 0 Å². The summed E-state index contributed by atoms with van der Waals surface area (Å²) in [5.74, 6) is 0.860. The summed E-state index contributed by atoms with van der Waals surface area (Å²) in [5, 5.41) is 2.22. The number of methoxy groups -OCH3 is 1. The van der Waals surface area contributed by atoms with Crippen LogP contribution in [0.2, 0.25) is 0 Å². The fourth-order valence-electron chi connectivity index (χ4n) is 3.40. The third kappa shape index (κ3) is 1.98. The van der Waals surface area contributed by atoms with E-state index in [2.05, 4.69) is 42.1 Å². The van der Waals surface area contributed by atoms with Gasteiger partial charge in [0.25, 0.3) is 0 Å². The molecule has 118 valence electrons. The fraction of sp³-hybridized carbons (Fsp3) is 0.263. The largest absolute Gasteiger partial charge is 0.495 e. The molecule has 2 aromatic carbocycles. The highest BCUT2D eigenvalue weighted by atomic mass is 16.5. The number of fused-ring (bicyclic) bond motifs is 3. The number of para-hydroxylation sites is 1. The first kappa shape index (κ1) is 14.0. The van der Waals surface area contributed by atoms with Crippen molar-refractivity contribution >= 4 is 27.6 Å². The predicted molar refractivity (Wildman–Crippen MR) is 93.7 cm³/mol. The van der Waals surface area contributed by atoms with Gasteiger partial charge in [0.2, 0.25) is 0 Å². The minimum atomic E-state index is 0.244. The summed E-state index contributed by atoms with van der Waals surface area (Å²) in [6.45, 7) is 5.33. The van der Waals surface area contributed by atoms with Crippen LogP contribution >= 0.6 is 0 Å². The van der Waals surface area contributed by atoms with E-state index in [4.69, 9.17) is 9.15 Å². The van der Waals surface area contributed by atoms with Gasteiger partial charge in [0.05, 0.1) is 18.2 Å².